The number of amides is 1. The van der Waals surface area contributed by atoms with E-state index in [1.165, 1.54) is 22.7 Å². The summed E-state index contributed by atoms with van der Waals surface area (Å²) < 4.78 is 5.33. The molecule has 3 rings (SSSR count). The van der Waals surface area contributed by atoms with Crippen molar-refractivity contribution in [2.24, 2.45) is 0 Å². The third-order valence-corrected chi connectivity index (χ3v) is 5.38. The van der Waals surface area contributed by atoms with Gasteiger partial charge in [-0.25, -0.2) is 0 Å². The molecule has 0 aromatic carbocycles. The third kappa shape index (κ3) is 3.30. The maximum atomic E-state index is 12.0. The molecule has 0 aliphatic carbocycles. The number of aryl methyl sites for hydroxylation is 1. The standard InChI is InChI=1S/C16H15NO3S2/c1-10-7-15(21-9-10)16(19)17-8-11(18)13-4-5-14(22-13)12-3-2-6-20-12/h2-7,9,11,18H,8H2,1H3,(H,17,19). The van der Waals surface area contributed by atoms with E-state index in [-0.39, 0.29) is 12.5 Å². The normalized spacial score (nSPS) is 12.3. The van der Waals surface area contributed by atoms with E-state index in [1.54, 1.807) is 6.26 Å². The molecular weight excluding hydrogens is 318 g/mol. The van der Waals surface area contributed by atoms with Gasteiger partial charge in [0.1, 0.15) is 11.9 Å². The predicted octanol–water partition coefficient (Wildman–Crippen LogP) is 3.84. The molecule has 3 heterocycles. The zero-order chi connectivity index (χ0) is 15.5. The number of nitrogens with one attached hydrogen (secondary N) is 1. The predicted molar refractivity (Wildman–Crippen MR) is 88.4 cm³/mol. The van der Waals surface area contributed by atoms with Gasteiger partial charge in [-0.2, -0.15) is 0 Å². The van der Waals surface area contributed by atoms with Gasteiger partial charge in [0.15, 0.2) is 0 Å². The van der Waals surface area contributed by atoms with Crippen molar-refractivity contribution in [3.63, 3.8) is 0 Å². The van der Waals surface area contributed by atoms with Crippen LogP contribution in [0.4, 0.5) is 0 Å². The lowest BCUT2D eigenvalue weighted by atomic mass is 10.2. The van der Waals surface area contributed by atoms with E-state index in [1.807, 2.05) is 42.6 Å². The van der Waals surface area contributed by atoms with Gasteiger partial charge < -0.3 is 14.8 Å². The molecule has 0 saturated carbocycles. The molecule has 1 unspecified atom stereocenters. The van der Waals surface area contributed by atoms with Crippen molar-refractivity contribution in [3.05, 3.63) is 57.3 Å². The summed E-state index contributed by atoms with van der Waals surface area (Å²) in [5.41, 5.74) is 1.07. The van der Waals surface area contributed by atoms with E-state index in [2.05, 4.69) is 5.32 Å². The van der Waals surface area contributed by atoms with Crippen LogP contribution in [0.25, 0.3) is 10.6 Å². The van der Waals surface area contributed by atoms with Crippen molar-refractivity contribution in [2.75, 3.05) is 6.54 Å². The fourth-order valence-corrected chi connectivity index (χ4v) is 3.79. The number of carbonyl (C=O) groups is 1. The summed E-state index contributed by atoms with van der Waals surface area (Å²) in [5, 5.41) is 14.9. The lowest BCUT2D eigenvalue weighted by molar-refractivity contribution is 0.0922. The molecule has 0 fully saturated rings. The number of aliphatic hydroxyl groups is 1. The number of aliphatic hydroxyl groups excluding tert-OH is 1. The summed E-state index contributed by atoms with van der Waals surface area (Å²) in [4.78, 5) is 14.4. The molecule has 3 aromatic rings. The van der Waals surface area contributed by atoms with E-state index in [9.17, 15) is 9.90 Å². The summed E-state index contributed by atoms with van der Waals surface area (Å²) in [7, 11) is 0. The Morgan fingerprint density at radius 2 is 2.27 bits per heavy atom. The largest absolute Gasteiger partial charge is 0.464 e. The minimum Gasteiger partial charge on any atom is -0.464 e. The van der Waals surface area contributed by atoms with Crippen molar-refractivity contribution in [3.8, 4) is 10.6 Å². The Morgan fingerprint density at radius 3 is 2.95 bits per heavy atom. The van der Waals surface area contributed by atoms with Crippen molar-refractivity contribution in [2.45, 2.75) is 13.0 Å². The van der Waals surface area contributed by atoms with Gasteiger partial charge in [-0.3, -0.25) is 4.79 Å². The van der Waals surface area contributed by atoms with Crippen LogP contribution in [0, 0.1) is 6.92 Å². The van der Waals surface area contributed by atoms with Gasteiger partial charge >= 0.3 is 0 Å². The topological polar surface area (TPSA) is 62.5 Å². The molecule has 1 atom stereocenters. The van der Waals surface area contributed by atoms with Gasteiger partial charge in [-0.15, -0.1) is 22.7 Å². The number of carbonyl (C=O) groups excluding carboxylic acids is 1. The van der Waals surface area contributed by atoms with Crippen molar-refractivity contribution in [1.82, 2.24) is 5.32 Å². The lowest BCUT2D eigenvalue weighted by Crippen LogP contribution is -2.27. The fourth-order valence-electron chi connectivity index (χ4n) is 2.01. The van der Waals surface area contributed by atoms with Crippen LogP contribution in [-0.4, -0.2) is 17.6 Å². The summed E-state index contributed by atoms with van der Waals surface area (Å²) in [6.45, 7) is 2.14. The maximum absolute atomic E-state index is 12.0. The highest BCUT2D eigenvalue weighted by Crippen LogP contribution is 2.31. The number of thiophene rings is 2. The van der Waals surface area contributed by atoms with Crippen LogP contribution in [-0.2, 0) is 0 Å². The summed E-state index contributed by atoms with van der Waals surface area (Å²) in [6.07, 6.45) is 0.896. The van der Waals surface area contributed by atoms with E-state index in [4.69, 9.17) is 4.42 Å². The fraction of sp³-hybridized carbons (Fsp3) is 0.188. The molecule has 114 valence electrons. The second kappa shape index (κ2) is 6.48. The van der Waals surface area contributed by atoms with E-state index in [0.717, 1.165) is 21.1 Å². The smallest absolute Gasteiger partial charge is 0.261 e. The average molecular weight is 333 g/mol. The van der Waals surface area contributed by atoms with Crippen LogP contribution in [0.15, 0.2) is 46.4 Å². The number of furan rings is 1. The van der Waals surface area contributed by atoms with Gasteiger partial charge in [0.2, 0.25) is 0 Å². The Labute approximate surface area is 136 Å². The van der Waals surface area contributed by atoms with Crippen LogP contribution in [0.1, 0.15) is 26.2 Å². The highest BCUT2D eigenvalue weighted by molar-refractivity contribution is 7.15. The van der Waals surface area contributed by atoms with Gasteiger partial charge in [-0.1, -0.05) is 0 Å². The summed E-state index contributed by atoms with van der Waals surface area (Å²) in [6, 6.07) is 9.31. The number of hydrogen-bond donors (Lipinski definition) is 2. The van der Waals surface area contributed by atoms with E-state index < -0.39 is 6.10 Å². The van der Waals surface area contributed by atoms with E-state index in [0.29, 0.717) is 4.88 Å². The monoisotopic (exact) mass is 333 g/mol. The van der Waals surface area contributed by atoms with Crippen LogP contribution >= 0.6 is 22.7 Å². The average Bonchev–Trinajstić information content (AvgIpc) is 3.23. The highest BCUT2D eigenvalue weighted by atomic mass is 32.1. The minimum absolute atomic E-state index is 0.153. The minimum atomic E-state index is -0.723. The second-order valence-corrected chi connectivity index (χ2v) is 6.92. The first kappa shape index (κ1) is 15.0. The van der Waals surface area contributed by atoms with Crippen LogP contribution in [0.5, 0.6) is 0 Å². The van der Waals surface area contributed by atoms with Gasteiger partial charge in [0, 0.05) is 11.4 Å². The van der Waals surface area contributed by atoms with Crippen molar-refractivity contribution < 1.29 is 14.3 Å². The highest BCUT2D eigenvalue weighted by Gasteiger charge is 2.15. The molecule has 3 aromatic heterocycles. The molecule has 2 N–H and O–H groups in total. The Bertz CT molecular complexity index is 758. The molecule has 6 heteroatoms. The van der Waals surface area contributed by atoms with Crippen LogP contribution in [0.2, 0.25) is 0 Å². The maximum Gasteiger partial charge on any atom is 0.261 e. The molecule has 1 amide bonds. The molecule has 22 heavy (non-hydrogen) atoms. The zero-order valence-electron chi connectivity index (χ0n) is 11.9. The second-order valence-electron chi connectivity index (χ2n) is 4.89. The quantitative estimate of drug-likeness (QED) is 0.745. The molecule has 0 aliphatic heterocycles. The van der Waals surface area contributed by atoms with E-state index >= 15 is 0 Å². The summed E-state index contributed by atoms with van der Waals surface area (Å²) >= 11 is 2.86. The molecule has 4 nitrogen and oxygen atoms in total. The molecular formula is C16H15NO3S2. The first-order valence-corrected chi connectivity index (χ1v) is 8.48. The van der Waals surface area contributed by atoms with Crippen LogP contribution in [0.3, 0.4) is 0 Å². The molecule has 0 bridgehead atoms. The SMILES string of the molecule is Cc1csc(C(=O)NCC(O)c2ccc(-c3ccco3)s2)c1. The van der Waals surface area contributed by atoms with Crippen LogP contribution < -0.4 is 5.32 Å². The Balaban J connectivity index is 1.60. The zero-order valence-corrected chi connectivity index (χ0v) is 13.5. The molecule has 0 spiro atoms. The number of rotatable bonds is 5. The third-order valence-electron chi connectivity index (χ3n) is 3.13. The van der Waals surface area contributed by atoms with Crippen molar-refractivity contribution in [1.29, 1.82) is 0 Å². The first-order valence-electron chi connectivity index (χ1n) is 6.78. The van der Waals surface area contributed by atoms with Gasteiger partial charge in [-0.05, 0) is 48.2 Å². The molecule has 0 saturated heterocycles. The Morgan fingerprint density at radius 1 is 1.41 bits per heavy atom. The Kier molecular flexibility index (Phi) is 4.42. The number of hydrogen-bond acceptors (Lipinski definition) is 5. The molecule has 0 radical (unpaired) electrons. The van der Waals surface area contributed by atoms with Crippen molar-refractivity contribution >= 4 is 28.6 Å². The van der Waals surface area contributed by atoms with Gasteiger partial charge in [0.05, 0.1) is 16.0 Å². The summed E-state index contributed by atoms with van der Waals surface area (Å²) in [5.74, 6) is 0.626. The Hall–Kier alpha value is -1.89. The lowest BCUT2D eigenvalue weighted by Gasteiger charge is -2.09. The molecule has 0 aliphatic rings. The van der Waals surface area contributed by atoms with Gasteiger partial charge in [0.25, 0.3) is 5.91 Å². The first-order chi connectivity index (χ1) is 10.6.